The lowest BCUT2D eigenvalue weighted by Gasteiger charge is -2.43. The van der Waals surface area contributed by atoms with E-state index in [1.165, 1.54) is 6.07 Å². The van der Waals surface area contributed by atoms with Crippen LogP contribution in [0.3, 0.4) is 0 Å². The highest BCUT2D eigenvalue weighted by Gasteiger charge is 2.36. The molecule has 2 heterocycles. The van der Waals surface area contributed by atoms with Crippen LogP contribution >= 0.6 is 12.4 Å². The monoisotopic (exact) mass is 400 g/mol. The van der Waals surface area contributed by atoms with E-state index in [4.69, 9.17) is 5.73 Å². The van der Waals surface area contributed by atoms with Gasteiger partial charge in [0.2, 0.25) is 5.91 Å². The number of amidine groups is 1. The number of likely N-dealkylation sites (tertiary alicyclic amines) is 1. The van der Waals surface area contributed by atoms with Crippen LogP contribution in [0.4, 0.5) is 0 Å². The van der Waals surface area contributed by atoms with Gasteiger partial charge in [-0.15, -0.1) is 16.8 Å². The number of sulfonamides is 1. The summed E-state index contributed by atoms with van der Waals surface area (Å²) in [5, 5.41) is 0. The summed E-state index contributed by atoms with van der Waals surface area (Å²) in [6.07, 6.45) is 0.764. The third-order valence-electron chi connectivity index (χ3n) is 5.01. The molecule has 1 saturated heterocycles. The van der Waals surface area contributed by atoms with Crippen molar-refractivity contribution in [2.45, 2.75) is 31.2 Å². The van der Waals surface area contributed by atoms with E-state index in [1.807, 2.05) is 0 Å². The number of rotatable bonds is 2. The molecule has 0 radical (unpaired) electrons. The number of nitrogens with two attached hydrogens (primary N) is 1. The SMILES string of the molecule is CN(CC(=O)N1CCC(N)C(C)(C)C1)C1=NS(=O)(=O)c2ccccc21.Cl. The van der Waals surface area contributed by atoms with Gasteiger partial charge < -0.3 is 15.5 Å². The van der Waals surface area contributed by atoms with Crippen LogP contribution < -0.4 is 5.73 Å². The summed E-state index contributed by atoms with van der Waals surface area (Å²) in [5.74, 6) is 0.267. The number of hydrogen-bond donors (Lipinski definition) is 1. The van der Waals surface area contributed by atoms with Gasteiger partial charge in [0, 0.05) is 31.7 Å². The third-order valence-corrected chi connectivity index (χ3v) is 6.34. The largest absolute Gasteiger partial charge is 0.349 e. The zero-order valence-corrected chi connectivity index (χ0v) is 16.8. The highest BCUT2D eigenvalue weighted by molar-refractivity contribution is 7.90. The minimum atomic E-state index is -3.68. The first kappa shape index (κ1) is 20.7. The minimum absolute atomic E-state index is 0. The number of benzene rings is 1. The summed E-state index contributed by atoms with van der Waals surface area (Å²) < 4.78 is 28.2. The van der Waals surface area contributed by atoms with Gasteiger partial charge in [0.05, 0.1) is 6.54 Å². The van der Waals surface area contributed by atoms with Crippen LogP contribution in [-0.2, 0) is 14.8 Å². The normalized spacial score (nSPS) is 22.8. The predicted molar refractivity (Wildman–Crippen MR) is 103 cm³/mol. The van der Waals surface area contributed by atoms with Crippen LogP contribution in [0.5, 0.6) is 0 Å². The Morgan fingerprint density at radius 1 is 1.38 bits per heavy atom. The summed E-state index contributed by atoms with van der Waals surface area (Å²) in [6.45, 7) is 5.42. The smallest absolute Gasteiger partial charge is 0.285 e. The van der Waals surface area contributed by atoms with Crippen molar-refractivity contribution in [2.24, 2.45) is 15.5 Å². The summed E-state index contributed by atoms with van der Waals surface area (Å²) in [7, 11) is -1.99. The summed E-state index contributed by atoms with van der Waals surface area (Å²) in [4.78, 5) is 16.3. The second-order valence-electron chi connectivity index (χ2n) is 7.44. The summed E-state index contributed by atoms with van der Waals surface area (Å²) >= 11 is 0. The van der Waals surface area contributed by atoms with E-state index in [2.05, 4.69) is 18.2 Å². The quantitative estimate of drug-likeness (QED) is 0.801. The van der Waals surface area contributed by atoms with Gasteiger partial charge in [-0.2, -0.15) is 8.42 Å². The van der Waals surface area contributed by atoms with Crippen LogP contribution in [0.2, 0.25) is 0 Å². The summed E-state index contributed by atoms with van der Waals surface area (Å²) in [6, 6.07) is 6.75. The van der Waals surface area contributed by atoms with Crippen molar-refractivity contribution in [3.63, 3.8) is 0 Å². The van der Waals surface area contributed by atoms with E-state index >= 15 is 0 Å². The van der Waals surface area contributed by atoms with Crippen LogP contribution in [0, 0.1) is 5.41 Å². The number of nitrogens with zero attached hydrogens (tertiary/aromatic N) is 3. The van der Waals surface area contributed by atoms with E-state index in [0.29, 0.717) is 24.5 Å². The van der Waals surface area contributed by atoms with Gasteiger partial charge in [-0.25, -0.2) is 0 Å². The molecule has 144 valence electrons. The van der Waals surface area contributed by atoms with Crippen molar-refractivity contribution in [1.29, 1.82) is 0 Å². The fraction of sp³-hybridized carbons (Fsp3) is 0.529. The fourth-order valence-corrected chi connectivity index (χ4v) is 4.58. The average Bonchev–Trinajstić information content (AvgIpc) is 2.82. The number of halogens is 1. The van der Waals surface area contributed by atoms with Gasteiger partial charge in [0.15, 0.2) is 5.84 Å². The first-order valence-electron chi connectivity index (χ1n) is 8.31. The molecule has 1 aromatic carbocycles. The topological polar surface area (TPSA) is 96.1 Å². The molecule has 0 saturated carbocycles. The fourth-order valence-electron chi connectivity index (χ4n) is 3.33. The molecule has 9 heteroatoms. The Balaban J connectivity index is 0.00000243. The number of carbonyl (C=O) groups excluding carboxylic acids is 1. The third kappa shape index (κ3) is 3.72. The maximum Gasteiger partial charge on any atom is 0.285 e. The molecule has 1 unspecified atom stereocenters. The van der Waals surface area contributed by atoms with E-state index in [1.54, 1.807) is 35.0 Å². The molecular formula is C17H25ClN4O3S. The van der Waals surface area contributed by atoms with Gasteiger partial charge in [0.1, 0.15) is 4.90 Å². The van der Waals surface area contributed by atoms with Crippen LogP contribution in [0.25, 0.3) is 0 Å². The second kappa shape index (κ2) is 7.17. The van der Waals surface area contributed by atoms with E-state index in [9.17, 15) is 13.2 Å². The first-order chi connectivity index (χ1) is 11.6. The number of amides is 1. The number of piperidine rings is 1. The predicted octanol–water partition coefficient (Wildman–Crippen LogP) is 1.07. The lowest BCUT2D eigenvalue weighted by molar-refractivity contribution is -0.134. The highest BCUT2D eigenvalue weighted by Crippen LogP contribution is 2.29. The zero-order valence-electron chi connectivity index (χ0n) is 15.2. The Morgan fingerprint density at radius 2 is 2.04 bits per heavy atom. The Morgan fingerprint density at radius 3 is 2.69 bits per heavy atom. The number of likely N-dealkylation sites (N-methyl/N-ethyl adjacent to an activating group) is 1. The molecule has 1 aromatic rings. The molecular weight excluding hydrogens is 376 g/mol. The molecule has 0 spiro atoms. The Labute approximate surface area is 160 Å². The van der Waals surface area contributed by atoms with Crippen molar-refractivity contribution in [3.8, 4) is 0 Å². The molecule has 26 heavy (non-hydrogen) atoms. The Bertz CT molecular complexity index is 838. The number of fused-ring (bicyclic) bond motifs is 1. The number of carbonyl (C=O) groups is 1. The first-order valence-corrected chi connectivity index (χ1v) is 9.75. The van der Waals surface area contributed by atoms with E-state index in [0.717, 1.165) is 6.42 Å². The molecule has 1 atom stereocenters. The van der Waals surface area contributed by atoms with Crippen molar-refractivity contribution in [2.75, 3.05) is 26.7 Å². The maximum atomic E-state index is 12.7. The lowest BCUT2D eigenvalue weighted by atomic mass is 9.79. The van der Waals surface area contributed by atoms with Crippen molar-refractivity contribution in [3.05, 3.63) is 29.8 Å². The standard InChI is InChI=1S/C17H24N4O3S.ClH/c1-17(2)11-21(9-8-14(17)18)15(22)10-20(3)16-12-6-4-5-7-13(12)25(23,24)19-16;/h4-7,14H,8-11,18H2,1-3H3;1H. The Kier molecular flexibility index (Phi) is 5.70. The van der Waals surface area contributed by atoms with Crippen LogP contribution in [0.15, 0.2) is 33.6 Å². The van der Waals surface area contributed by atoms with E-state index < -0.39 is 10.0 Å². The molecule has 0 aliphatic carbocycles. The zero-order chi connectivity index (χ0) is 18.4. The molecule has 1 fully saturated rings. The molecule has 7 nitrogen and oxygen atoms in total. The summed E-state index contributed by atoms with van der Waals surface area (Å²) in [5.41, 5.74) is 6.53. The van der Waals surface area contributed by atoms with Crippen LogP contribution in [0.1, 0.15) is 25.8 Å². The molecule has 2 N–H and O–H groups in total. The maximum absolute atomic E-state index is 12.7. The number of hydrogen-bond acceptors (Lipinski definition) is 5. The molecule has 0 bridgehead atoms. The van der Waals surface area contributed by atoms with Gasteiger partial charge in [-0.1, -0.05) is 26.0 Å². The van der Waals surface area contributed by atoms with Crippen molar-refractivity contribution in [1.82, 2.24) is 9.80 Å². The van der Waals surface area contributed by atoms with Crippen molar-refractivity contribution >= 4 is 34.2 Å². The Hall–Kier alpha value is -1.64. The molecule has 0 aromatic heterocycles. The van der Waals surface area contributed by atoms with Gasteiger partial charge in [0.25, 0.3) is 10.0 Å². The average molecular weight is 401 g/mol. The minimum Gasteiger partial charge on any atom is -0.349 e. The van der Waals surface area contributed by atoms with E-state index in [-0.39, 0.29) is 41.2 Å². The van der Waals surface area contributed by atoms with Gasteiger partial charge in [-0.3, -0.25) is 4.79 Å². The molecule has 3 rings (SSSR count). The molecule has 1 amide bonds. The highest BCUT2D eigenvalue weighted by atomic mass is 35.5. The van der Waals surface area contributed by atoms with Gasteiger partial charge >= 0.3 is 0 Å². The van der Waals surface area contributed by atoms with Crippen LogP contribution in [-0.4, -0.2) is 62.7 Å². The molecule has 2 aliphatic heterocycles. The second-order valence-corrected chi connectivity index (χ2v) is 9.01. The van der Waals surface area contributed by atoms with Crippen molar-refractivity contribution < 1.29 is 13.2 Å². The molecule has 2 aliphatic rings. The van der Waals surface area contributed by atoms with Gasteiger partial charge in [-0.05, 0) is 24.0 Å². The lowest BCUT2D eigenvalue weighted by Crippen LogP contribution is -2.55.